The van der Waals surface area contributed by atoms with Crippen molar-refractivity contribution in [2.45, 2.75) is 55.7 Å². The second-order valence-corrected chi connectivity index (χ2v) is 16.1. The Bertz CT molecular complexity index is 2460. The van der Waals surface area contributed by atoms with Gasteiger partial charge in [-0.15, -0.1) is 0 Å². The van der Waals surface area contributed by atoms with Crippen LogP contribution in [0.15, 0.2) is 133 Å². The smallest absolute Gasteiger partial charge is 0.0713 e. The zero-order valence-electron chi connectivity index (χ0n) is 28.8. The average molecular weight is 711 g/mol. The zero-order chi connectivity index (χ0) is 33.7. The minimum Gasteiger partial charge on any atom is -0.312 e. The molecule has 0 amide bonds. The number of nitrogens with zero attached hydrogens (tertiary/aromatic N) is 1. The number of halogens is 1. The van der Waals surface area contributed by atoms with Crippen molar-refractivity contribution in [3.05, 3.63) is 178 Å². The van der Waals surface area contributed by atoms with E-state index in [-0.39, 0.29) is 0 Å². The quantitative estimate of drug-likeness (QED) is 0.161. The molecule has 10 rings (SSSR count). The summed E-state index contributed by atoms with van der Waals surface area (Å²) in [5.41, 5.74) is 16.1. The molecule has 244 valence electrons. The molecule has 0 fully saturated rings. The maximum absolute atomic E-state index is 4.20. The van der Waals surface area contributed by atoms with E-state index in [4.69, 9.17) is 0 Å². The third-order valence-corrected chi connectivity index (χ3v) is 14.0. The van der Waals surface area contributed by atoms with Crippen LogP contribution in [0.4, 0.5) is 0 Å². The molecule has 4 atom stereocenters. The highest BCUT2D eigenvalue weighted by Gasteiger charge is 2.46. The van der Waals surface area contributed by atoms with E-state index in [0.717, 1.165) is 12.8 Å². The Morgan fingerprint density at radius 3 is 2.06 bits per heavy atom. The standard InChI is InChI=1S/C48H40BrN/c1-29-15-14-23-38-43(29)36-21-10-11-22-37(36)44-40-27-30(2)45(49)31(3)46(40)50(47(38)44)34-25-26-42-39(28-34)35-20-12-13-24-41(35)48(42,32-16-6-4-7-17-32)33-18-8-5-9-19-33/h4-14,16-26,28-31,45H,15,27H2,1-3H3. The summed E-state index contributed by atoms with van der Waals surface area (Å²) in [5.74, 6) is 1.37. The minimum absolute atomic E-state index is 0.355. The monoisotopic (exact) mass is 709 g/mol. The minimum atomic E-state index is -0.400. The summed E-state index contributed by atoms with van der Waals surface area (Å²) in [7, 11) is 0. The highest BCUT2D eigenvalue weighted by atomic mass is 79.9. The molecule has 3 aliphatic rings. The summed E-state index contributed by atoms with van der Waals surface area (Å²) >= 11 is 4.20. The molecule has 0 spiro atoms. The van der Waals surface area contributed by atoms with Crippen molar-refractivity contribution in [2.24, 2.45) is 5.92 Å². The van der Waals surface area contributed by atoms with Gasteiger partial charge in [-0.05, 0) is 92.1 Å². The summed E-state index contributed by atoms with van der Waals surface area (Å²) in [6, 6.07) is 48.0. The van der Waals surface area contributed by atoms with E-state index < -0.39 is 5.41 Å². The van der Waals surface area contributed by atoms with Crippen molar-refractivity contribution in [3.8, 4) is 16.8 Å². The van der Waals surface area contributed by atoms with Gasteiger partial charge in [0.15, 0.2) is 0 Å². The summed E-state index contributed by atoms with van der Waals surface area (Å²) in [4.78, 5) is 0.411. The first-order valence-electron chi connectivity index (χ1n) is 18.3. The molecule has 0 aliphatic heterocycles. The maximum atomic E-state index is 4.20. The van der Waals surface area contributed by atoms with Gasteiger partial charge in [-0.2, -0.15) is 0 Å². The highest BCUT2D eigenvalue weighted by Crippen LogP contribution is 2.57. The second kappa shape index (κ2) is 11.2. The molecule has 6 aromatic carbocycles. The van der Waals surface area contributed by atoms with Crippen LogP contribution in [0.1, 0.15) is 83.7 Å². The number of fused-ring (bicyclic) bond motifs is 11. The van der Waals surface area contributed by atoms with Crippen LogP contribution in [0.2, 0.25) is 0 Å². The first-order valence-corrected chi connectivity index (χ1v) is 19.2. The van der Waals surface area contributed by atoms with Crippen molar-refractivity contribution >= 4 is 43.7 Å². The third kappa shape index (κ3) is 3.94. The number of allylic oxidation sites excluding steroid dienone is 1. The molecule has 4 unspecified atom stereocenters. The molecule has 0 N–H and O–H groups in total. The SMILES string of the molecule is CC1CC=Cc2c1c1ccccc1c1c3c(n(-c4ccc5c(c4)-c4ccccc4C5(c4ccccc4)c4ccccc4)c21)C(C)C(Br)C(C)C3. The summed E-state index contributed by atoms with van der Waals surface area (Å²) in [6.45, 7) is 7.27. The first kappa shape index (κ1) is 30.2. The Hall–Kier alpha value is -4.66. The molecule has 0 radical (unpaired) electrons. The van der Waals surface area contributed by atoms with Crippen molar-refractivity contribution in [2.75, 3.05) is 0 Å². The summed E-state index contributed by atoms with van der Waals surface area (Å²) < 4.78 is 2.69. The third-order valence-electron chi connectivity index (χ3n) is 12.3. The van der Waals surface area contributed by atoms with Gasteiger partial charge in [0.05, 0.1) is 10.9 Å². The van der Waals surface area contributed by atoms with Crippen LogP contribution in [-0.2, 0) is 11.8 Å². The summed E-state index contributed by atoms with van der Waals surface area (Å²) in [6.07, 6.45) is 6.99. The Balaban J connectivity index is 1.34. The fraction of sp³-hybridized carbons (Fsp3) is 0.208. The fourth-order valence-electron chi connectivity index (χ4n) is 10.2. The Labute approximate surface area is 303 Å². The molecule has 0 bridgehead atoms. The number of rotatable bonds is 3. The van der Waals surface area contributed by atoms with Crippen LogP contribution in [0.25, 0.3) is 44.6 Å². The number of alkyl halides is 1. The maximum Gasteiger partial charge on any atom is 0.0713 e. The molecule has 50 heavy (non-hydrogen) atoms. The lowest BCUT2D eigenvalue weighted by atomic mass is 9.68. The summed E-state index contributed by atoms with van der Waals surface area (Å²) in [5, 5.41) is 4.28. The van der Waals surface area contributed by atoms with E-state index >= 15 is 0 Å². The Morgan fingerprint density at radius 2 is 1.32 bits per heavy atom. The molecule has 1 aromatic heterocycles. The zero-order valence-corrected chi connectivity index (χ0v) is 30.4. The van der Waals surface area contributed by atoms with E-state index in [2.05, 4.69) is 181 Å². The molecule has 0 saturated carbocycles. The Kier molecular flexibility index (Phi) is 6.75. The normalized spacial score (nSPS) is 21.5. The fourth-order valence-corrected chi connectivity index (χ4v) is 10.6. The van der Waals surface area contributed by atoms with Crippen molar-refractivity contribution < 1.29 is 0 Å². The van der Waals surface area contributed by atoms with Gasteiger partial charge in [-0.25, -0.2) is 0 Å². The van der Waals surface area contributed by atoms with Crippen LogP contribution in [-0.4, -0.2) is 9.39 Å². The van der Waals surface area contributed by atoms with Gasteiger partial charge < -0.3 is 4.57 Å². The number of hydrogen-bond donors (Lipinski definition) is 0. The molecule has 3 aliphatic carbocycles. The molecular formula is C48H40BrN. The largest absolute Gasteiger partial charge is 0.312 e. The van der Waals surface area contributed by atoms with E-state index in [1.807, 2.05) is 0 Å². The van der Waals surface area contributed by atoms with Crippen LogP contribution in [0, 0.1) is 5.92 Å². The van der Waals surface area contributed by atoms with E-state index in [1.165, 1.54) is 83.1 Å². The topological polar surface area (TPSA) is 4.93 Å². The van der Waals surface area contributed by atoms with Gasteiger partial charge in [0.2, 0.25) is 0 Å². The van der Waals surface area contributed by atoms with Crippen LogP contribution in [0.3, 0.4) is 0 Å². The predicted molar refractivity (Wildman–Crippen MR) is 214 cm³/mol. The lowest BCUT2D eigenvalue weighted by Crippen LogP contribution is -2.28. The van der Waals surface area contributed by atoms with Crippen molar-refractivity contribution in [1.82, 2.24) is 4.57 Å². The van der Waals surface area contributed by atoms with Gasteiger partial charge in [-0.3, -0.25) is 0 Å². The molecule has 1 nitrogen and oxygen atoms in total. The first-order chi connectivity index (χ1) is 24.5. The van der Waals surface area contributed by atoms with Gasteiger partial charge in [-0.1, -0.05) is 164 Å². The van der Waals surface area contributed by atoms with Crippen molar-refractivity contribution in [3.63, 3.8) is 0 Å². The molecule has 7 aromatic rings. The molecular weight excluding hydrogens is 670 g/mol. The van der Waals surface area contributed by atoms with Crippen LogP contribution < -0.4 is 0 Å². The van der Waals surface area contributed by atoms with Crippen LogP contribution >= 0.6 is 15.9 Å². The molecule has 2 heteroatoms. The van der Waals surface area contributed by atoms with Gasteiger partial charge in [0, 0.05) is 33.1 Å². The van der Waals surface area contributed by atoms with E-state index in [9.17, 15) is 0 Å². The predicted octanol–water partition coefficient (Wildman–Crippen LogP) is 12.7. The number of hydrogen-bond acceptors (Lipinski definition) is 0. The van der Waals surface area contributed by atoms with E-state index in [0.29, 0.717) is 22.6 Å². The second-order valence-electron chi connectivity index (χ2n) is 15.0. The number of aromatic nitrogens is 1. The Morgan fingerprint density at radius 1 is 0.680 bits per heavy atom. The molecule has 0 saturated heterocycles. The van der Waals surface area contributed by atoms with Gasteiger partial charge in [0.1, 0.15) is 0 Å². The van der Waals surface area contributed by atoms with Crippen LogP contribution in [0.5, 0.6) is 0 Å². The van der Waals surface area contributed by atoms with Crippen molar-refractivity contribution in [1.29, 1.82) is 0 Å². The lowest BCUT2D eigenvalue weighted by molar-refractivity contribution is 0.464. The highest BCUT2D eigenvalue weighted by molar-refractivity contribution is 9.09. The van der Waals surface area contributed by atoms with Gasteiger partial charge >= 0.3 is 0 Å². The average Bonchev–Trinajstić information content (AvgIpc) is 3.66. The molecule has 1 heterocycles. The van der Waals surface area contributed by atoms with Gasteiger partial charge in [0.25, 0.3) is 0 Å². The van der Waals surface area contributed by atoms with E-state index in [1.54, 1.807) is 0 Å². The lowest BCUT2D eigenvalue weighted by Gasteiger charge is -2.34. The number of benzene rings is 6.